The molecule has 5 heteroatoms. The molecule has 2 aromatic carbocycles. The molecule has 1 atom stereocenters. The molecule has 124 valence electrons. The predicted octanol–water partition coefficient (Wildman–Crippen LogP) is 4.08. The number of carbonyl (C=O) groups is 1. The molecule has 0 saturated heterocycles. The van der Waals surface area contributed by atoms with E-state index in [-0.39, 0.29) is 0 Å². The quantitative estimate of drug-likeness (QED) is 0.768. The first-order valence-corrected chi connectivity index (χ1v) is 7.75. The van der Waals surface area contributed by atoms with Crippen molar-refractivity contribution in [3.05, 3.63) is 70.7 Å². The zero-order chi connectivity index (χ0) is 17.8. The second-order valence-corrected chi connectivity index (χ2v) is 6.21. The van der Waals surface area contributed by atoms with E-state index in [1.165, 1.54) is 21.0 Å². The van der Waals surface area contributed by atoms with E-state index in [2.05, 4.69) is 0 Å². The maximum atomic E-state index is 13.0. The lowest BCUT2D eigenvalue weighted by molar-refractivity contribution is -0.174. The molecule has 0 saturated carbocycles. The Balaban J connectivity index is 2.62. The maximum Gasteiger partial charge on any atom is 0.349 e. The molecule has 0 aliphatic heterocycles. The van der Waals surface area contributed by atoms with Crippen LogP contribution in [-0.2, 0) is 19.9 Å². The van der Waals surface area contributed by atoms with Gasteiger partial charge in [0, 0.05) is 12.1 Å². The van der Waals surface area contributed by atoms with Gasteiger partial charge in [0.2, 0.25) is 5.60 Å². The minimum Gasteiger partial charge on any atom is -0.442 e. The monoisotopic (exact) mass is 343 g/mol. The second kappa shape index (κ2) is 7.04. The summed E-state index contributed by atoms with van der Waals surface area (Å²) in [7, 11) is 1.43. The number of hydrogen-bond donors (Lipinski definition) is 0. The van der Waals surface area contributed by atoms with Crippen molar-refractivity contribution in [2.75, 3.05) is 7.11 Å². The Morgan fingerprint density at radius 1 is 1.04 bits per heavy atom. The van der Waals surface area contributed by atoms with Crippen LogP contribution < -0.4 is 0 Å². The molecule has 0 aromatic heterocycles. The summed E-state index contributed by atoms with van der Waals surface area (Å²) in [6.07, 6.45) is 0. The van der Waals surface area contributed by atoms with Crippen LogP contribution in [0.2, 0.25) is 5.02 Å². The third-order valence-electron chi connectivity index (χ3n) is 3.64. The van der Waals surface area contributed by atoms with Gasteiger partial charge >= 0.3 is 5.97 Å². The molecular formula is C19H18ClNO3. The third kappa shape index (κ3) is 3.43. The van der Waals surface area contributed by atoms with Gasteiger partial charge in [0.1, 0.15) is 6.07 Å². The molecule has 0 aliphatic carbocycles. The van der Waals surface area contributed by atoms with E-state index in [0.29, 0.717) is 16.1 Å². The van der Waals surface area contributed by atoms with E-state index < -0.39 is 17.2 Å². The van der Waals surface area contributed by atoms with Crippen LogP contribution in [0, 0.1) is 11.3 Å². The Bertz CT molecular complexity index is 750. The van der Waals surface area contributed by atoms with Crippen LogP contribution in [0.15, 0.2) is 54.6 Å². The van der Waals surface area contributed by atoms with Gasteiger partial charge in [0.15, 0.2) is 5.60 Å². The number of halogens is 1. The highest BCUT2D eigenvalue weighted by Gasteiger charge is 2.46. The molecule has 2 rings (SSSR count). The minimum atomic E-state index is -1.49. The van der Waals surface area contributed by atoms with E-state index in [9.17, 15) is 10.1 Å². The number of ether oxygens (including phenoxy) is 2. The number of carbonyl (C=O) groups excluding carboxylic acids is 1. The minimum absolute atomic E-state index is 0.544. The van der Waals surface area contributed by atoms with Crippen molar-refractivity contribution in [3.8, 4) is 6.07 Å². The number of hydrogen-bond acceptors (Lipinski definition) is 4. The summed E-state index contributed by atoms with van der Waals surface area (Å²) in [4.78, 5) is 13.0. The molecule has 0 spiro atoms. The largest absolute Gasteiger partial charge is 0.442 e. The van der Waals surface area contributed by atoms with Gasteiger partial charge in [-0.15, -0.1) is 0 Å². The highest BCUT2D eigenvalue weighted by Crippen LogP contribution is 2.36. The smallest absolute Gasteiger partial charge is 0.349 e. The number of nitrogens with zero attached hydrogens (tertiary/aromatic N) is 1. The Hall–Kier alpha value is -2.35. The third-order valence-corrected chi connectivity index (χ3v) is 3.89. The second-order valence-electron chi connectivity index (χ2n) is 5.77. The van der Waals surface area contributed by atoms with Crippen molar-refractivity contribution in [2.45, 2.75) is 25.0 Å². The Labute approximate surface area is 146 Å². The standard InChI is InChI=1S/C19H18ClNO3/c1-18(2,13-21)24-17(22)19(23-3,14-7-5-4-6-8-14)15-9-11-16(20)12-10-15/h4-12H,1-3H3. The molecular weight excluding hydrogens is 326 g/mol. The molecule has 0 amide bonds. The van der Waals surface area contributed by atoms with Crippen molar-refractivity contribution in [2.24, 2.45) is 0 Å². The van der Waals surface area contributed by atoms with Crippen LogP contribution in [0.3, 0.4) is 0 Å². The summed E-state index contributed by atoms with van der Waals surface area (Å²) in [5.41, 5.74) is -1.59. The predicted molar refractivity (Wildman–Crippen MR) is 91.5 cm³/mol. The number of nitriles is 1. The topological polar surface area (TPSA) is 59.3 Å². The van der Waals surface area contributed by atoms with E-state index in [4.69, 9.17) is 21.1 Å². The van der Waals surface area contributed by atoms with Gasteiger partial charge in [-0.3, -0.25) is 0 Å². The molecule has 0 radical (unpaired) electrons. The molecule has 0 bridgehead atoms. The summed E-state index contributed by atoms with van der Waals surface area (Å²) in [5, 5.41) is 9.72. The summed E-state index contributed by atoms with van der Waals surface area (Å²) in [6.45, 7) is 3.05. The average molecular weight is 344 g/mol. The van der Waals surface area contributed by atoms with Crippen molar-refractivity contribution in [3.63, 3.8) is 0 Å². The Morgan fingerprint density at radius 3 is 2.08 bits per heavy atom. The van der Waals surface area contributed by atoms with Gasteiger partial charge in [-0.05, 0) is 37.1 Å². The molecule has 2 aromatic rings. The van der Waals surface area contributed by atoms with Gasteiger partial charge in [0.25, 0.3) is 0 Å². The fourth-order valence-corrected chi connectivity index (χ4v) is 2.53. The van der Waals surface area contributed by atoms with Gasteiger partial charge < -0.3 is 9.47 Å². The molecule has 0 aliphatic rings. The lowest BCUT2D eigenvalue weighted by Gasteiger charge is -2.33. The van der Waals surface area contributed by atoms with Crippen LogP contribution >= 0.6 is 11.6 Å². The van der Waals surface area contributed by atoms with E-state index in [0.717, 1.165) is 0 Å². The lowest BCUT2D eigenvalue weighted by atomic mass is 9.86. The van der Waals surface area contributed by atoms with Crippen LogP contribution in [0.4, 0.5) is 0 Å². The molecule has 0 fully saturated rings. The summed E-state index contributed by atoms with van der Waals surface area (Å²) >= 11 is 5.96. The van der Waals surface area contributed by atoms with Gasteiger partial charge in [-0.25, -0.2) is 4.79 Å². The van der Waals surface area contributed by atoms with Crippen LogP contribution in [0.25, 0.3) is 0 Å². The maximum absolute atomic E-state index is 13.0. The average Bonchev–Trinajstić information content (AvgIpc) is 2.58. The van der Waals surface area contributed by atoms with Gasteiger partial charge in [0.05, 0.1) is 0 Å². The van der Waals surface area contributed by atoms with Gasteiger partial charge in [-0.2, -0.15) is 5.26 Å². The summed E-state index contributed by atoms with van der Waals surface area (Å²) < 4.78 is 11.1. The molecule has 24 heavy (non-hydrogen) atoms. The Morgan fingerprint density at radius 2 is 1.58 bits per heavy atom. The van der Waals surface area contributed by atoms with Crippen molar-refractivity contribution in [1.29, 1.82) is 5.26 Å². The highest BCUT2D eigenvalue weighted by atomic mass is 35.5. The van der Waals surface area contributed by atoms with Gasteiger partial charge in [-0.1, -0.05) is 54.1 Å². The lowest BCUT2D eigenvalue weighted by Crippen LogP contribution is -2.44. The number of benzene rings is 2. The molecule has 1 unspecified atom stereocenters. The zero-order valence-corrected chi connectivity index (χ0v) is 14.5. The fourth-order valence-electron chi connectivity index (χ4n) is 2.41. The van der Waals surface area contributed by atoms with Crippen molar-refractivity contribution in [1.82, 2.24) is 0 Å². The van der Waals surface area contributed by atoms with Crippen molar-refractivity contribution >= 4 is 17.6 Å². The summed E-state index contributed by atoms with van der Waals surface area (Å²) in [6, 6.07) is 17.7. The van der Waals surface area contributed by atoms with Crippen molar-refractivity contribution < 1.29 is 14.3 Å². The fraction of sp³-hybridized carbons (Fsp3) is 0.263. The first-order chi connectivity index (χ1) is 11.4. The van der Waals surface area contributed by atoms with E-state index >= 15 is 0 Å². The van der Waals surface area contributed by atoms with Crippen LogP contribution in [0.1, 0.15) is 25.0 Å². The summed E-state index contributed by atoms with van der Waals surface area (Å²) in [5.74, 6) is -0.662. The van der Waals surface area contributed by atoms with E-state index in [1.54, 1.807) is 36.4 Å². The SMILES string of the molecule is COC(C(=O)OC(C)(C)C#N)(c1ccccc1)c1ccc(Cl)cc1. The van der Waals surface area contributed by atoms with Crippen LogP contribution in [-0.4, -0.2) is 18.7 Å². The first kappa shape index (κ1) is 18.0. The highest BCUT2D eigenvalue weighted by molar-refractivity contribution is 6.30. The molecule has 0 N–H and O–H groups in total. The number of esters is 1. The first-order valence-electron chi connectivity index (χ1n) is 7.37. The van der Waals surface area contributed by atoms with E-state index in [1.807, 2.05) is 24.3 Å². The number of rotatable bonds is 5. The number of methoxy groups -OCH3 is 1. The zero-order valence-electron chi connectivity index (χ0n) is 13.7. The molecule has 4 nitrogen and oxygen atoms in total. The molecule has 0 heterocycles. The van der Waals surface area contributed by atoms with Crippen LogP contribution in [0.5, 0.6) is 0 Å². The normalized spacial score (nSPS) is 13.6. The Kier molecular flexibility index (Phi) is 5.28.